The lowest BCUT2D eigenvalue weighted by Crippen LogP contribution is -1.90. The Kier molecular flexibility index (Phi) is 3.02. The fourth-order valence-electron chi connectivity index (χ4n) is 2.05. The molecule has 0 saturated heterocycles. The minimum Gasteiger partial charge on any atom is -0.329 e. The molecule has 0 amide bonds. The van der Waals surface area contributed by atoms with Crippen LogP contribution in [0.1, 0.15) is 11.1 Å². The number of hydrogen-bond donors (Lipinski definition) is 0. The lowest BCUT2D eigenvalue weighted by atomic mass is 10.2. The van der Waals surface area contributed by atoms with Crippen molar-refractivity contribution in [3.8, 4) is 6.07 Å². The molecule has 4 nitrogen and oxygen atoms in total. The summed E-state index contributed by atoms with van der Waals surface area (Å²) in [4.78, 5) is 4.28. The molecule has 0 atom stereocenters. The zero-order valence-electron chi connectivity index (χ0n) is 10.4. The van der Waals surface area contributed by atoms with Gasteiger partial charge in [0.2, 0.25) is 0 Å². The Morgan fingerprint density at radius 1 is 1.37 bits per heavy atom. The summed E-state index contributed by atoms with van der Waals surface area (Å²) in [5.74, 6) is 0.745. The standard InChI is InChI=1S/C14H12N4S/c1-17-7-5-16-14(17)19-10-11-9-18-6-3-2-4-13(18)12(11)8-15/h2-7,9H,10H2,1H3. The van der Waals surface area contributed by atoms with Crippen molar-refractivity contribution in [1.29, 1.82) is 5.26 Å². The van der Waals surface area contributed by atoms with E-state index in [-0.39, 0.29) is 0 Å². The first kappa shape index (κ1) is 11.9. The smallest absolute Gasteiger partial charge is 0.167 e. The number of nitrogens with zero attached hydrogens (tertiary/aromatic N) is 4. The van der Waals surface area contributed by atoms with Crippen LogP contribution in [0.25, 0.3) is 5.52 Å². The maximum absolute atomic E-state index is 9.32. The van der Waals surface area contributed by atoms with Gasteiger partial charge >= 0.3 is 0 Å². The third kappa shape index (κ3) is 2.11. The number of thioether (sulfide) groups is 1. The first-order valence-electron chi connectivity index (χ1n) is 5.88. The number of fused-ring (bicyclic) bond motifs is 1. The maximum Gasteiger partial charge on any atom is 0.167 e. The van der Waals surface area contributed by atoms with Crippen LogP contribution in [0.5, 0.6) is 0 Å². The second kappa shape index (κ2) is 4.82. The summed E-state index contributed by atoms with van der Waals surface area (Å²) in [7, 11) is 1.97. The Bertz CT molecular complexity index is 763. The molecule has 0 unspecified atom stereocenters. The molecule has 3 aromatic rings. The maximum atomic E-state index is 9.32. The Balaban J connectivity index is 1.93. The molecule has 3 aromatic heterocycles. The third-order valence-electron chi connectivity index (χ3n) is 3.01. The predicted molar refractivity (Wildman–Crippen MR) is 74.9 cm³/mol. The molecule has 0 radical (unpaired) electrons. The van der Waals surface area contributed by atoms with E-state index >= 15 is 0 Å². The van der Waals surface area contributed by atoms with E-state index in [0.29, 0.717) is 0 Å². The van der Waals surface area contributed by atoms with Crippen LogP contribution in [-0.4, -0.2) is 14.0 Å². The summed E-state index contributed by atoms with van der Waals surface area (Å²) in [5.41, 5.74) is 2.75. The molecule has 0 aromatic carbocycles. The van der Waals surface area contributed by atoms with Crippen LogP contribution in [0.2, 0.25) is 0 Å². The SMILES string of the molecule is Cn1ccnc1SCc1cn2ccccc2c1C#N. The molecule has 0 bridgehead atoms. The van der Waals surface area contributed by atoms with Crippen molar-refractivity contribution in [3.63, 3.8) is 0 Å². The molecule has 0 fully saturated rings. The minimum absolute atomic E-state index is 0.745. The summed E-state index contributed by atoms with van der Waals surface area (Å²) in [5, 5.41) is 10.3. The van der Waals surface area contributed by atoms with Gasteiger partial charge in [0, 0.05) is 37.6 Å². The highest BCUT2D eigenvalue weighted by Crippen LogP contribution is 2.25. The molecule has 0 aliphatic carbocycles. The van der Waals surface area contributed by atoms with Gasteiger partial charge in [0.1, 0.15) is 6.07 Å². The molecule has 19 heavy (non-hydrogen) atoms. The Morgan fingerprint density at radius 3 is 3.00 bits per heavy atom. The van der Waals surface area contributed by atoms with E-state index in [4.69, 9.17) is 0 Å². The number of aryl methyl sites for hydroxylation is 1. The average Bonchev–Trinajstić information content (AvgIpc) is 2.99. The normalized spacial score (nSPS) is 10.7. The summed E-state index contributed by atoms with van der Waals surface area (Å²) in [6.07, 6.45) is 7.68. The number of imidazole rings is 1. The topological polar surface area (TPSA) is 46.0 Å². The molecule has 0 aliphatic rings. The van der Waals surface area contributed by atoms with Gasteiger partial charge in [0.05, 0.1) is 11.1 Å². The van der Waals surface area contributed by atoms with Crippen molar-refractivity contribution in [2.24, 2.45) is 7.05 Å². The van der Waals surface area contributed by atoms with E-state index in [9.17, 15) is 5.26 Å². The molecular weight excluding hydrogens is 256 g/mol. The Hall–Kier alpha value is -2.19. The van der Waals surface area contributed by atoms with Crippen LogP contribution in [0.15, 0.2) is 48.1 Å². The van der Waals surface area contributed by atoms with E-state index in [2.05, 4.69) is 11.1 Å². The zero-order chi connectivity index (χ0) is 13.2. The van der Waals surface area contributed by atoms with Crippen molar-refractivity contribution in [2.75, 3.05) is 0 Å². The summed E-state index contributed by atoms with van der Waals surface area (Å²) in [6, 6.07) is 8.18. The summed E-state index contributed by atoms with van der Waals surface area (Å²) < 4.78 is 3.97. The van der Waals surface area contributed by atoms with Gasteiger partial charge < -0.3 is 8.97 Å². The lowest BCUT2D eigenvalue weighted by molar-refractivity contribution is 0.790. The average molecular weight is 268 g/mol. The van der Waals surface area contributed by atoms with Gasteiger partial charge in [-0.25, -0.2) is 4.98 Å². The van der Waals surface area contributed by atoms with Crippen LogP contribution in [0.4, 0.5) is 0 Å². The van der Waals surface area contributed by atoms with Gasteiger partial charge in [-0.3, -0.25) is 0 Å². The summed E-state index contributed by atoms with van der Waals surface area (Å²) >= 11 is 1.64. The van der Waals surface area contributed by atoms with E-state index in [1.807, 2.05) is 52.8 Å². The molecular formula is C14H12N4S. The fourth-order valence-corrected chi connectivity index (χ4v) is 2.95. The van der Waals surface area contributed by atoms with Crippen LogP contribution in [0.3, 0.4) is 0 Å². The number of hydrogen-bond acceptors (Lipinski definition) is 3. The number of pyridine rings is 1. The van der Waals surface area contributed by atoms with Crippen molar-refractivity contribution in [3.05, 3.63) is 54.1 Å². The van der Waals surface area contributed by atoms with Gasteiger partial charge in [-0.1, -0.05) is 17.8 Å². The van der Waals surface area contributed by atoms with E-state index in [1.54, 1.807) is 18.0 Å². The van der Waals surface area contributed by atoms with Gasteiger partial charge in [-0.15, -0.1) is 0 Å². The number of aromatic nitrogens is 3. The van der Waals surface area contributed by atoms with Gasteiger partial charge in [0.15, 0.2) is 5.16 Å². The highest BCUT2D eigenvalue weighted by Gasteiger charge is 2.11. The highest BCUT2D eigenvalue weighted by atomic mass is 32.2. The van der Waals surface area contributed by atoms with E-state index in [1.165, 1.54) is 0 Å². The highest BCUT2D eigenvalue weighted by molar-refractivity contribution is 7.98. The van der Waals surface area contributed by atoms with E-state index < -0.39 is 0 Å². The van der Waals surface area contributed by atoms with Gasteiger partial charge in [-0.2, -0.15) is 5.26 Å². The van der Waals surface area contributed by atoms with Crippen LogP contribution in [0, 0.1) is 11.3 Å². The molecule has 0 spiro atoms. The fraction of sp³-hybridized carbons (Fsp3) is 0.143. The van der Waals surface area contributed by atoms with E-state index in [0.717, 1.165) is 27.6 Å². The minimum atomic E-state index is 0.745. The Labute approximate surface area is 115 Å². The first-order valence-corrected chi connectivity index (χ1v) is 6.87. The molecule has 0 aliphatic heterocycles. The molecule has 0 saturated carbocycles. The molecule has 5 heteroatoms. The van der Waals surface area contributed by atoms with Crippen LogP contribution >= 0.6 is 11.8 Å². The molecule has 94 valence electrons. The van der Waals surface area contributed by atoms with Crippen molar-refractivity contribution in [2.45, 2.75) is 10.9 Å². The predicted octanol–water partition coefficient (Wildman–Crippen LogP) is 2.84. The van der Waals surface area contributed by atoms with Gasteiger partial charge in [-0.05, 0) is 17.7 Å². The summed E-state index contributed by atoms with van der Waals surface area (Å²) in [6.45, 7) is 0. The largest absolute Gasteiger partial charge is 0.329 e. The second-order valence-corrected chi connectivity index (χ2v) is 5.19. The first-order chi connectivity index (χ1) is 9.29. The monoisotopic (exact) mass is 268 g/mol. The molecule has 3 rings (SSSR count). The molecule has 3 heterocycles. The van der Waals surface area contributed by atoms with Gasteiger partial charge in [0.25, 0.3) is 0 Å². The van der Waals surface area contributed by atoms with Crippen molar-refractivity contribution >= 4 is 17.3 Å². The number of nitriles is 1. The van der Waals surface area contributed by atoms with Crippen molar-refractivity contribution in [1.82, 2.24) is 14.0 Å². The third-order valence-corrected chi connectivity index (χ3v) is 4.11. The Morgan fingerprint density at radius 2 is 2.26 bits per heavy atom. The lowest BCUT2D eigenvalue weighted by Gasteiger charge is -2.00. The zero-order valence-corrected chi connectivity index (χ0v) is 11.3. The second-order valence-electron chi connectivity index (χ2n) is 4.24. The van der Waals surface area contributed by atoms with Crippen molar-refractivity contribution < 1.29 is 0 Å². The van der Waals surface area contributed by atoms with Crippen LogP contribution in [-0.2, 0) is 12.8 Å². The quantitative estimate of drug-likeness (QED) is 0.686. The number of rotatable bonds is 3. The molecule has 0 N–H and O–H groups in total. The van der Waals surface area contributed by atoms with Crippen LogP contribution < -0.4 is 0 Å².